The molecular weight excluding hydrogens is 134 g/mol. The van der Waals surface area contributed by atoms with Gasteiger partial charge < -0.3 is 4.74 Å². The van der Waals surface area contributed by atoms with E-state index in [9.17, 15) is 4.79 Å². The summed E-state index contributed by atoms with van der Waals surface area (Å²) in [4.78, 5) is 13.2. The van der Waals surface area contributed by atoms with Gasteiger partial charge in [0.2, 0.25) is 0 Å². The highest BCUT2D eigenvalue weighted by molar-refractivity contribution is 5.79. The van der Waals surface area contributed by atoms with Crippen molar-refractivity contribution in [2.24, 2.45) is 5.11 Å². The number of hydrogen-bond acceptors (Lipinski definition) is 3. The predicted octanol–water partition coefficient (Wildman–Crippen LogP) is 1.25. The van der Waals surface area contributed by atoms with E-state index in [4.69, 9.17) is 5.53 Å². The molecule has 56 valence electrons. The first-order valence-corrected chi connectivity index (χ1v) is 2.69. The molecule has 0 atom stereocenters. The highest BCUT2D eigenvalue weighted by Gasteiger charge is 2.26. The lowest BCUT2D eigenvalue weighted by Crippen LogP contribution is -2.29. The molecule has 0 amide bonds. The van der Waals surface area contributed by atoms with Crippen LogP contribution in [0.15, 0.2) is 5.11 Å². The number of azide groups is 1. The van der Waals surface area contributed by atoms with E-state index in [1.54, 1.807) is 0 Å². The van der Waals surface area contributed by atoms with Crippen molar-refractivity contribution in [3.05, 3.63) is 10.4 Å². The van der Waals surface area contributed by atoms with Crippen LogP contribution in [0.4, 0.5) is 0 Å². The summed E-state index contributed by atoms with van der Waals surface area (Å²) in [6.07, 6.45) is 0. The molecule has 0 aliphatic carbocycles. The van der Waals surface area contributed by atoms with Gasteiger partial charge in [0.25, 0.3) is 0 Å². The first-order chi connectivity index (χ1) is 4.54. The van der Waals surface area contributed by atoms with Gasteiger partial charge in [0, 0.05) is 4.91 Å². The predicted molar refractivity (Wildman–Crippen MR) is 35.2 cm³/mol. The number of carbonyl (C=O) groups excluding carboxylic acids is 1. The van der Waals surface area contributed by atoms with E-state index in [1.807, 2.05) is 0 Å². The van der Waals surface area contributed by atoms with Crippen LogP contribution < -0.4 is 0 Å². The number of ether oxygens (including phenoxy) is 1. The van der Waals surface area contributed by atoms with Crippen LogP contribution in [-0.4, -0.2) is 18.6 Å². The third kappa shape index (κ3) is 1.95. The SMILES string of the molecule is COC(=O)C(C)(C)N=[N+]=[N-]. The molecule has 0 saturated carbocycles. The van der Waals surface area contributed by atoms with Crippen molar-refractivity contribution in [3.8, 4) is 0 Å². The molecule has 0 N–H and O–H groups in total. The molecule has 0 aromatic rings. The van der Waals surface area contributed by atoms with Gasteiger partial charge in [-0.1, -0.05) is 5.11 Å². The maximum Gasteiger partial charge on any atom is 0.317 e. The third-order valence-electron chi connectivity index (χ3n) is 0.980. The summed E-state index contributed by atoms with van der Waals surface area (Å²) in [5.41, 5.74) is 6.90. The molecule has 0 heterocycles. The van der Waals surface area contributed by atoms with E-state index in [2.05, 4.69) is 14.8 Å². The van der Waals surface area contributed by atoms with Gasteiger partial charge >= 0.3 is 5.97 Å². The third-order valence-corrected chi connectivity index (χ3v) is 0.980. The Bertz CT molecular complexity index is 181. The van der Waals surface area contributed by atoms with Gasteiger partial charge in [0.1, 0.15) is 5.54 Å². The second kappa shape index (κ2) is 3.08. The largest absolute Gasteiger partial charge is 0.469 e. The molecule has 5 heteroatoms. The smallest absolute Gasteiger partial charge is 0.317 e. The van der Waals surface area contributed by atoms with Gasteiger partial charge in [-0.15, -0.1) is 0 Å². The van der Waals surface area contributed by atoms with E-state index >= 15 is 0 Å². The fraction of sp³-hybridized carbons (Fsp3) is 0.800. The summed E-state index contributed by atoms with van der Waals surface area (Å²) < 4.78 is 4.36. The molecule has 0 saturated heterocycles. The Hall–Kier alpha value is -1.22. The first-order valence-electron chi connectivity index (χ1n) is 2.69. The van der Waals surface area contributed by atoms with Crippen LogP contribution in [0.5, 0.6) is 0 Å². The minimum Gasteiger partial charge on any atom is -0.469 e. The summed E-state index contributed by atoms with van der Waals surface area (Å²) in [7, 11) is 1.25. The first kappa shape index (κ1) is 8.78. The highest BCUT2D eigenvalue weighted by Crippen LogP contribution is 2.10. The molecule has 0 aliphatic heterocycles. The quantitative estimate of drug-likeness (QED) is 0.252. The number of esters is 1. The molecule has 0 unspecified atom stereocenters. The number of methoxy groups -OCH3 is 1. The molecule has 0 fully saturated rings. The lowest BCUT2D eigenvalue weighted by atomic mass is 10.1. The van der Waals surface area contributed by atoms with Crippen LogP contribution in [-0.2, 0) is 9.53 Å². The average Bonchev–Trinajstić information content (AvgIpc) is 1.86. The molecule has 0 spiro atoms. The van der Waals surface area contributed by atoms with E-state index < -0.39 is 11.5 Å². The lowest BCUT2D eigenvalue weighted by molar-refractivity contribution is -0.145. The zero-order chi connectivity index (χ0) is 8.20. The Balaban J connectivity index is 4.38. The molecule has 5 nitrogen and oxygen atoms in total. The second-order valence-corrected chi connectivity index (χ2v) is 2.24. The van der Waals surface area contributed by atoms with Crippen molar-refractivity contribution in [2.75, 3.05) is 7.11 Å². The zero-order valence-electron chi connectivity index (χ0n) is 6.16. The summed E-state index contributed by atoms with van der Waals surface area (Å²) in [5.74, 6) is -0.537. The number of nitrogens with zero attached hydrogens (tertiary/aromatic N) is 3. The minimum absolute atomic E-state index is 0.537. The van der Waals surface area contributed by atoms with E-state index in [0.29, 0.717) is 0 Å². The standard InChI is InChI=1S/C5H9N3O2/c1-5(2,7-8-6)4(9)10-3/h1-3H3. The lowest BCUT2D eigenvalue weighted by Gasteiger charge is -2.12. The summed E-state index contributed by atoms with van der Waals surface area (Å²) in [6.45, 7) is 2.97. The second-order valence-electron chi connectivity index (χ2n) is 2.24. The summed E-state index contributed by atoms with van der Waals surface area (Å²) >= 11 is 0. The Morgan fingerprint density at radius 1 is 1.70 bits per heavy atom. The van der Waals surface area contributed by atoms with Gasteiger partial charge in [-0.3, -0.25) is 4.79 Å². The van der Waals surface area contributed by atoms with Crippen molar-refractivity contribution < 1.29 is 9.53 Å². The van der Waals surface area contributed by atoms with E-state index in [-0.39, 0.29) is 0 Å². The monoisotopic (exact) mass is 143 g/mol. The van der Waals surface area contributed by atoms with Crippen LogP contribution in [0, 0.1) is 0 Å². The summed E-state index contributed by atoms with van der Waals surface area (Å²) in [6, 6.07) is 0. The van der Waals surface area contributed by atoms with Gasteiger partial charge in [-0.2, -0.15) is 0 Å². The van der Waals surface area contributed by atoms with Crippen LogP contribution in [0.2, 0.25) is 0 Å². The molecule has 0 aliphatic rings. The topological polar surface area (TPSA) is 75.1 Å². The molecule has 0 radical (unpaired) electrons. The molecule has 0 bridgehead atoms. The molecular formula is C5H9N3O2. The van der Waals surface area contributed by atoms with Gasteiger partial charge in [0.05, 0.1) is 7.11 Å². The maximum absolute atomic E-state index is 10.7. The molecule has 10 heavy (non-hydrogen) atoms. The Kier molecular flexibility index (Phi) is 2.70. The van der Waals surface area contributed by atoms with E-state index in [0.717, 1.165) is 0 Å². The average molecular weight is 143 g/mol. The van der Waals surface area contributed by atoms with Gasteiger partial charge in [-0.05, 0) is 19.4 Å². The number of rotatable bonds is 2. The summed E-state index contributed by atoms with van der Waals surface area (Å²) in [5, 5.41) is 3.23. The molecule has 0 aromatic carbocycles. The Labute approximate surface area is 58.6 Å². The van der Waals surface area contributed by atoms with Crippen molar-refractivity contribution in [2.45, 2.75) is 19.4 Å². The van der Waals surface area contributed by atoms with Gasteiger partial charge in [-0.25, -0.2) is 0 Å². The number of carbonyl (C=O) groups is 1. The highest BCUT2D eigenvalue weighted by atomic mass is 16.5. The molecule has 0 aromatic heterocycles. The fourth-order valence-electron chi connectivity index (χ4n) is 0.402. The van der Waals surface area contributed by atoms with Crippen molar-refractivity contribution >= 4 is 5.97 Å². The normalized spacial score (nSPS) is 9.90. The number of hydrogen-bond donors (Lipinski definition) is 0. The van der Waals surface area contributed by atoms with Crippen LogP contribution in [0.3, 0.4) is 0 Å². The van der Waals surface area contributed by atoms with Crippen LogP contribution in [0.1, 0.15) is 13.8 Å². The van der Waals surface area contributed by atoms with Crippen molar-refractivity contribution in [1.29, 1.82) is 0 Å². The van der Waals surface area contributed by atoms with Crippen LogP contribution >= 0.6 is 0 Å². The van der Waals surface area contributed by atoms with Gasteiger partial charge in [0.15, 0.2) is 0 Å². The minimum atomic E-state index is -1.09. The van der Waals surface area contributed by atoms with E-state index in [1.165, 1.54) is 21.0 Å². The van der Waals surface area contributed by atoms with Crippen molar-refractivity contribution in [1.82, 2.24) is 0 Å². The van der Waals surface area contributed by atoms with Crippen LogP contribution in [0.25, 0.3) is 10.4 Å². The zero-order valence-corrected chi connectivity index (χ0v) is 6.16. The Morgan fingerprint density at radius 3 is 2.50 bits per heavy atom. The fourth-order valence-corrected chi connectivity index (χ4v) is 0.402. The van der Waals surface area contributed by atoms with Crippen molar-refractivity contribution in [3.63, 3.8) is 0 Å². The maximum atomic E-state index is 10.7. The Morgan fingerprint density at radius 2 is 2.20 bits per heavy atom. The molecule has 0 rings (SSSR count).